The third-order valence-electron chi connectivity index (χ3n) is 4.37. The van der Waals surface area contributed by atoms with Crippen LogP contribution in [0, 0.1) is 0 Å². The summed E-state index contributed by atoms with van der Waals surface area (Å²) in [7, 11) is 4.49. The van der Waals surface area contributed by atoms with Crippen LogP contribution in [0.5, 0.6) is 17.2 Å². The number of benzene rings is 2. The van der Waals surface area contributed by atoms with Gasteiger partial charge in [-0.15, -0.1) is 10.2 Å². The molecule has 2 aromatic heterocycles. The number of para-hydroxylation sites is 2. The minimum absolute atomic E-state index is 0.346. The SMILES string of the molecule is COc1cc(C(=O)Nc2nnc(Cc3nc4ccccc4[nH]3)s2)cc(OC)c1OC. The number of H-pyrrole nitrogens is 1. The molecule has 4 rings (SSSR count). The van der Waals surface area contributed by atoms with Gasteiger partial charge in [0.05, 0.1) is 38.8 Å². The van der Waals surface area contributed by atoms with Gasteiger partial charge in [-0.25, -0.2) is 4.98 Å². The number of nitrogens with zero attached hydrogens (tertiary/aromatic N) is 3. The van der Waals surface area contributed by atoms with E-state index >= 15 is 0 Å². The van der Waals surface area contributed by atoms with Crippen LogP contribution in [0.3, 0.4) is 0 Å². The second-order valence-electron chi connectivity index (χ2n) is 6.25. The van der Waals surface area contributed by atoms with E-state index < -0.39 is 0 Å². The standard InChI is InChI=1S/C20H19N5O4S/c1-27-14-8-11(9-15(28-2)18(14)29-3)19(26)23-20-25-24-17(30-20)10-16-21-12-6-4-5-7-13(12)22-16/h4-9H,10H2,1-3H3,(H,21,22)(H,23,25,26). The van der Waals surface area contributed by atoms with Crippen molar-refractivity contribution in [1.29, 1.82) is 0 Å². The van der Waals surface area contributed by atoms with E-state index in [0.29, 0.717) is 34.4 Å². The van der Waals surface area contributed by atoms with E-state index in [2.05, 4.69) is 25.5 Å². The molecule has 0 unspecified atom stereocenters. The number of anilines is 1. The number of imidazole rings is 1. The van der Waals surface area contributed by atoms with Crippen LogP contribution < -0.4 is 19.5 Å². The minimum Gasteiger partial charge on any atom is -0.493 e. The van der Waals surface area contributed by atoms with Gasteiger partial charge in [0.2, 0.25) is 10.9 Å². The number of nitrogens with one attached hydrogen (secondary N) is 2. The molecule has 1 amide bonds. The molecule has 0 radical (unpaired) electrons. The van der Waals surface area contributed by atoms with Crippen LogP contribution in [0.1, 0.15) is 21.2 Å². The summed E-state index contributed by atoms with van der Waals surface area (Å²) in [5.74, 6) is 1.63. The fourth-order valence-corrected chi connectivity index (χ4v) is 3.73. The van der Waals surface area contributed by atoms with Gasteiger partial charge >= 0.3 is 0 Å². The molecule has 0 aliphatic rings. The molecule has 0 aliphatic carbocycles. The molecule has 0 spiro atoms. The van der Waals surface area contributed by atoms with Crippen LogP contribution in [-0.4, -0.2) is 47.4 Å². The Kier molecular flexibility index (Phi) is 5.48. The number of hydrogen-bond acceptors (Lipinski definition) is 8. The van der Waals surface area contributed by atoms with Gasteiger partial charge in [-0.3, -0.25) is 10.1 Å². The zero-order valence-corrected chi connectivity index (χ0v) is 17.4. The first-order chi connectivity index (χ1) is 14.6. The maximum atomic E-state index is 12.7. The molecule has 4 aromatic rings. The van der Waals surface area contributed by atoms with Crippen molar-refractivity contribution in [2.75, 3.05) is 26.6 Å². The van der Waals surface area contributed by atoms with Crippen molar-refractivity contribution in [3.8, 4) is 17.2 Å². The Hall–Kier alpha value is -3.66. The molecule has 0 saturated heterocycles. The first-order valence-corrected chi connectivity index (χ1v) is 9.80. The van der Waals surface area contributed by atoms with Gasteiger partial charge in [0.25, 0.3) is 5.91 Å². The smallest absolute Gasteiger partial charge is 0.257 e. The highest BCUT2D eigenvalue weighted by molar-refractivity contribution is 7.15. The van der Waals surface area contributed by atoms with Gasteiger partial charge in [-0.05, 0) is 24.3 Å². The molecule has 0 aliphatic heterocycles. The lowest BCUT2D eigenvalue weighted by Crippen LogP contribution is -2.12. The zero-order valence-electron chi connectivity index (χ0n) is 16.6. The zero-order chi connectivity index (χ0) is 21.1. The molecule has 2 aromatic carbocycles. The van der Waals surface area contributed by atoms with Gasteiger partial charge in [0.15, 0.2) is 11.5 Å². The Morgan fingerprint density at radius 3 is 2.47 bits per heavy atom. The molecule has 10 heteroatoms. The Balaban J connectivity index is 1.50. The number of fused-ring (bicyclic) bond motifs is 1. The summed E-state index contributed by atoms with van der Waals surface area (Å²) in [5.41, 5.74) is 2.21. The van der Waals surface area contributed by atoms with E-state index in [1.165, 1.54) is 32.7 Å². The number of ether oxygens (including phenoxy) is 3. The fourth-order valence-electron chi connectivity index (χ4n) is 2.99. The number of methoxy groups -OCH3 is 3. The molecule has 0 atom stereocenters. The lowest BCUT2D eigenvalue weighted by Gasteiger charge is -2.13. The molecule has 154 valence electrons. The average Bonchev–Trinajstić information content (AvgIpc) is 3.38. The number of hydrogen-bond donors (Lipinski definition) is 2. The maximum absolute atomic E-state index is 12.7. The first kappa shape index (κ1) is 19.6. The van der Waals surface area contributed by atoms with Crippen molar-refractivity contribution in [1.82, 2.24) is 20.2 Å². The van der Waals surface area contributed by atoms with Crippen LogP contribution in [0.15, 0.2) is 36.4 Å². The van der Waals surface area contributed by atoms with Crippen LogP contribution in [-0.2, 0) is 6.42 Å². The van der Waals surface area contributed by atoms with Crippen molar-refractivity contribution >= 4 is 33.4 Å². The van der Waals surface area contributed by atoms with E-state index in [-0.39, 0.29) is 5.91 Å². The first-order valence-electron chi connectivity index (χ1n) is 8.98. The van der Waals surface area contributed by atoms with Gasteiger partial charge < -0.3 is 19.2 Å². The van der Waals surface area contributed by atoms with Crippen LogP contribution in [0.4, 0.5) is 5.13 Å². The number of amides is 1. The van der Waals surface area contributed by atoms with E-state index in [1.54, 1.807) is 12.1 Å². The van der Waals surface area contributed by atoms with Crippen LogP contribution in [0.2, 0.25) is 0 Å². The van der Waals surface area contributed by atoms with Gasteiger partial charge in [-0.2, -0.15) is 0 Å². The van der Waals surface area contributed by atoms with Crippen molar-refractivity contribution in [3.05, 3.63) is 52.8 Å². The monoisotopic (exact) mass is 425 g/mol. The van der Waals surface area contributed by atoms with E-state index in [1.807, 2.05) is 24.3 Å². The normalized spacial score (nSPS) is 10.8. The third-order valence-corrected chi connectivity index (χ3v) is 5.21. The molecular formula is C20H19N5O4S. The number of carbonyl (C=O) groups excluding carboxylic acids is 1. The molecule has 0 fully saturated rings. The second-order valence-corrected chi connectivity index (χ2v) is 7.31. The summed E-state index contributed by atoms with van der Waals surface area (Å²) in [6.07, 6.45) is 0.492. The maximum Gasteiger partial charge on any atom is 0.257 e. The van der Waals surface area contributed by atoms with Crippen molar-refractivity contribution in [2.24, 2.45) is 0 Å². The van der Waals surface area contributed by atoms with Crippen LogP contribution in [0.25, 0.3) is 11.0 Å². The van der Waals surface area contributed by atoms with Crippen LogP contribution >= 0.6 is 11.3 Å². The highest BCUT2D eigenvalue weighted by Gasteiger charge is 2.18. The average molecular weight is 425 g/mol. The van der Waals surface area contributed by atoms with Gasteiger partial charge in [0, 0.05) is 5.56 Å². The largest absolute Gasteiger partial charge is 0.493 e. The Bertz CT molecular complexity index is 1140. The highest BCUT2D eigenvalue weighted by Crippen LogP contribution is 2.38. The Morgan fingerprint density at radius 1 is 1.07 bits per heavy atom. The third kappa shape index (κ3) is 3.90. The number of aromatic nitrogens is 4. The molecule has 0 saturated carbocycles. The van der Waals surface area contributed by atoms with E-state index in [4.69, 9.17) is 14.2 Å². The predicted octanol–water partition coefficient (Wildman–Crippen LogP) is 3.28. The van der Waals surface area contributed by atoms with Gasteiger partial charge in [-0.1, -0.05) is 23.5 Å². The number of rotatable bonds is 7. The molecular weight excluding hydrogens is 406 g/mol. The van der Waals surface area contributed by atoms with Gasteiger partial charge in [0.1, 0.15) is 10.8 Å². The Morgan fingerprint density at radius 2 is 1.80 bits per heavy atom. The lowest BCUT2D eigenvalue weighted by atomic mass is 10.1. The molecule has 2 heterocycles. The number of aromatic amines is 1. The summed E-state index contributed by atoms with van der Waals surface area (Å²) in [6.45, 7) is 0. The Labute approximate surface area is 176 Å². The van der Waals surface area contributed by atoms with Crippen molar-refractivity contribution < 1.29 is 19.0 Å². The molecule has 2 N–H and O–H groups in total. The topological polar surface area (TPSA) is 111 Å². The van der Waals surface area contributed by atoms with E-state index in [0.717, 1.165) is 21.9 Å². The molecule has 0 bridgehead atoms. The molecule has 30 heavy (non-hydrogen) atoms. The van der Waals surface area contributed by atoms with E-state index in [9.17, 15) is 4.79 Å². The quantitative estimate of drug-likeness (QED) is 0.467. The van der Waals surface area contributed by atoms with Crippen molar-refractivity contribution in [3.63, 3.8) is 0 Å². The highest BCUT2D eigenvalue weighted by atomic mass is 32.1. The summed E-state index contributed by atoms with van der Waals surface area (Å²) in [5, 5.41) is 12.1. The lowest BCUT2D eigenvalue weighted by molar-refractivity contribution is 0.102. The summed E-state index contributed by atoms with van der Waals surface area (Å²) in [4.78, 5) is 20.5. The predicted molar refractivity (Wildman–Crippen MR) is 113 cm³/mol. The fraction of sp³-hybridized carbons (Fsp3) is 0.200. The summed E-state index contributed by atoms with van der Waals surface area (Å²) in [6, 6.07) is 11.0. The molecule has 9 nitrogen and oxygen atoms in total. The summed E-state index contributed by atoms with van der Waals surface area (Å²) >= 11 is 1.29. The van der Waals surface area contributed by atoms with Crippen molar-refractivity contribution in [2.45, 2.75) is 6.42 Å². The summed E-state index contributed by atoms with van der Waals surface area (Å²) < 4.78 is 15.9. The number of carbonyl (C=O) groups is 1. The minimum atomic E-state index is -0.360. The second kappa shape index (κ2) is 8.37.